The van der Waals surface area contributed by atoms with Crippen LogP contribution in [-0.2, 0) is 9.59 Å². The first-order valence-electron chi connectivity index (χ1n) is 9.71. The molecule has 0 bridgehead atoms. The third kappa shape index (κ3) is 3.46. The summed E-state index contributed by atoms with van der Waals surface area (Å²) in [5.74, 6) is 0.765. The zero-order chi connectivity index (χ0) is 21.4. The number of hydrogen-bond acceptors (Lipinski definition) is 4. The van der Waals surface area contributed by atoms with Crippen LogP contribution in [0.5, 0.6) is 11.5 Å². The van der Waals surface area contributed by atoms with E-state index in [1.165, 1.54) is 0 Å². The van der Waals surface area contributed by atoms with Crippen LogP contribution in [0.15, 0.2) is 47.7 Å². The second kappa shape index (κ2) is 8.32. The fraction of sp³-hybridized carbons (Fsp3) is 0.304. The number of Topliss-reactive ketones (excluding diaryl/α,β-unsaturated/α-hetero) is 1. The molecule has 156 valence electrons. The molecule has 1 aliphatic carbocycles. The summed E-state index contributed by atoms with van der Waals surface area (Å²) in [5, 5.41) is 0.676. The van der Waals surface area contributed by atoms with E-state index in [9.17, 15) is 9.59 Å². The number of halogens is 2. The third-order valence-electron chi connectivity index (χ3n) is 5.66. The van der Waals surface area contributed by atoms with Crippen molar-refractivity contribution in [1.82, 2.24) is 0 Å². The van der Waals surface area contributed by atoms with Crippen molar-refractivity contribution in [2.24, 2.45) is 0 Å². The van der Waals surface area contributed by atoms with Crippen LogP contribution >= 0.6 is 23.2 Å². The van der Waals surface area contributed by atoms with Crippen molar-refractivity contribution in [2.75, 3.05) is 19.1 Å². The molecule has 2 aromatic rings. The molecule has 0 fully saturated rings. The minimum atomic E-state index is -0.339. The van der Waals surface area contributed by atoms with Gasteiger partial charge in [-0.25, -0.2) is 0 Å². The van der Waals surface area contributed by atoms with Crippen LogP contribution in [0, 0.1) is 0 Å². The Morgan fingerprint density at radius 1 is 1.00 bits per heavy atom. The maximum atomic E-state index is 13.3. The molecule has 7 heteroatoms. The van der Waals surface area contributed by atoms with Crippen molar-refractivity contribution >= 4 is 40.6 Å². The number of methoxy groups -OCH3 is 2. The highest BCUT2D eigenvalue weighted by atomic mass is 35.5. The molecule has 2 aromatic carbocycles. The molecule has 2 aliphatic rings. The minimum Gasteiger partial charge on any atom is -0.493 e. The van der Waals surface area contributed by atoms with E-state index in [0.717, 1.165) is 5.56 Å². The van der Waals surface area contributed by atoms with Crippen molar-refractivity contribution in [1.29, 1.82) is 0 Å². The van der Waals surface area contributed by atoms with Gasteiger partial charge in [-0.15, -0.1) is 0 Å². The number of benzene rings is 2. The van der Waals surface area contributed by atoms with Crippen molar-refractivity contribution in [2.45, 2.75) is 31.6 Å². The number of nitrogens with zero attached hydrogens (tertiary/aromatic N) is 1. The summed E-state index contributed by atoms with van der Waals surface area (Å²) in [5.41, 5.74) is 2.75. The molecule has 30 heavy (non-hydrogen) atoms. The van der Waals surface area contributed by atoms with Crippen molar-refractivity contribution in [3.8, 4) is 11.5 Å². The first-order valence-corrected chi connectivity index (χ1v) is 10.5. The van der Waals surface area contributed by atoms with Gasteiger partial charge in [-0.05, 0) is 42.7 Å². The van der Waals surface area contributed by atoms with E-state index in [2.05, 4.69) is 0 Å². The Bertz CT molecular complexity index is 1060. The van der Waals surface area contributed by atoms with Crippen LogP contribution in [0.1, 0.15) is 37.2 Å². The molecule has 1 atom stereocenters. The van der Waals surface area contributed by atoms with Crippen LogP contribution in [0.4, 0.5) is 5.69 Å². The Kier molecular flexibility index (Phi) is 5.76. The highest BCUT2D eigenvalue weighted by Gasteiger charge is 2.40. The van der Waals surface area contributed by atoms with Crippen molar-refractivity contribution < 1.29 is 19.1 Å². The standard InChI is InChI=1S/C23H21Cl2NO4/c1-29-19-10-9-13(11-20(19)30-2)14-12-21(28)26(16-6-4-8-18(27)22(14)16)17-7-3-5-15(24)23(17)25/h3,5,7,9-11,14H,4,6,8,12H2,1-2H3. The molecule has 0 aromatic heterocycles. The molecule has 1 unspecified atom stereocenters. The zero-order valence-electron chi connectivity index (χ0n) is 16.7. The van der Waals surface area contributed by atoms with Crippen LogP contribution in [0.3, 0.4) is 0 Å². The van der Waals surface area contributed by atoms with E-state index in [-0.39, 0.29) is 24.0 Å². The quantitative estimate of drug-likeness (QED) is 0.619. The lowest BCUT2D eigenvalue weighted by atomic mass is 9.77. The van der Waals surface area contributed by atoms with Crippen molar-refractivity contribution in [3.05, 3.63) is 63.3 Å². The fourth-order valence-electron chi connectivity index (χ4n) is 4.29. The molecule has 1 amide bonds. The molecule has 1 heterocycles. The number of ether oxygens (including phenoxy) is 2. The average Bonchev–Trinajstić information content (AvgIpc) is 2.75. The number of hydrogen-bond donors (Lipinski definition) is 0. The highest BCUT2D eigenvalue weighted by Crippen LogP contribution is 2.46. The normalized spacial score (nSPS) is 19.1. The lowest BCUT2D eigenvalue weighted by Crippen LogP contribution is -2.40. The van der Waals surface area contributed by atoms with E-state index < -0.39 is 0 Å². The summed E-state index contributed by atoms with van der Waals surface area (Å²) < 4.78 is 10.7. The summed E-state index contributed by atoms with van der Waals surface area (Å²) in [4.78, 5) is 27.9. The van der Waals surface area contributed by atoms with Crippen molar-refractivity contribution in [3.63, 3.8) is 0 Å². The second-order valence-corrected chi connectivity index (χ2v) is 8.10. The predicted octanol–water partition coefficient (Wildman–Crippen LogP) is 5.54. The number of allylic oxidation sites excluding steroid dienone is 2. The van der Waals surface area contributed by atoms with Gasteiger partial charge < -0.3 is 9.47 Å². The maximum absolute atomic E-state index is 13.3. The summed E-state index contributed by atoms with van der Waals surface area (Å²) >= 11 is 12.6. The maximum Gasteiger partial charge on any atom is 0.232 e. The molecule has 0 saturated carbocycles. The molecular formula is C23H21Cl2NO4. The molecule has 0 spiro atoms. The van der Waals surface area contributed by atoms with E-state index in [1.807, 2.05) is 12.1 Å². The third-order valence-corrected chi connectivity index (χ3v) is 6.47. The minimum absolute atomic E-state index is 0.0617. The lowest BCUT2D eigenvalue weighted by Gasteiger charge is -2.38. The topological polar surface area (TPSA) is 55.8 Å². The highest BCUT2D eigenvalue weighted by molar-refractivity contribution is 6.44. The van der Waals surface area contributed by atoms with Crippen LogP contribution in [0.25, 0.3) is 0 Å². The second-order valence-electron chi connectivity index (χ2n) is 7.31. The van der Waals surface area contributed by atoms with Crippen LogP contribution < -0.4 is 14.4 Å². The van der Waals surface area contributed by atoms with Gasteiger partial charge in [0.2, 0.25) is 5.91 Å². The van der Waals surface area contributed by atoms with Gasteiger partial charge in [0.15, 0.2) is 17.3 Å². The number of anilines is 1. The molecule has 1 aliphatic heterocycles. The number of rotatable bonds is 4. The number of ketones is 1. The fourth-order valence-corrected chi connectivity index (χ4v) is 4.67. The van der Waals surface area contributed by atoms with Gasteiger partial charge in [0.1, 0.15) is 0 Å². The summed E-state index contributed by atoms with van der Waals surface area (Å²) in [6.07, 6.45) is 1.94. The Labute approximate surface area is 185 Å². The summed E-state index contributed by atoms with van der Waals surface area (Å²) in [6, 6.07) is 10.7. The molecule has 5 nitrogen and oxygen atoms in total. The molecule has 0 radical (unpaired) electrons. The SMILES string of the molecule is COc1ccc(C2CC(=O)N(c3cccc(Cl)c3Cl)C3=C2C(=O)CCC3)cc1OC. The molecule has 4 rings (SSSR count). The molecular weight excluding hydrogens is 425 g/mol. The van der Waals surface area contributed by atoms with E-state index in [4.69, 9.17) is 32.7 Å². The van der Waals surface area contributed by atoms with Gasteiger partial charge >= 0.3 is 0 Å². The first-order chi connectivity index (χ1) is 14.5. The average molecular weight is 446 g/mol. The molecule has 0 saturated heterocycles. The lowest BCUT2D eigenvalue weighted by molar-refractivity contribution is -0.119. The monoisotopic (exact) mass is 445 g/mol. The van der Waals surface area contributed by atoms with Crippen LogP contribution in [0.2, 0.25) is 10.0 Å². The zero-order valence-corrected chi connectivity index (χ0v) is 18.2. The Balaban J connectivity index is 1.87. The van der Waals surface area contributed by atoms with Gasteiger partial charge in [0.25, 0.3) is 0 Å². The van der Waals surface area contributed by atoms with E-state index in [1.54, 1.807) is 43.4 Å². The largest absolute Gasteiger partial charge is 0.493 e. The summed E-state index contributed by atoms with van der Waals surface area (Å²) in [7, 11) is 3.13. The van der Waals surface area contributed by atoms with Gasteiger partial charge in [-0.3, -0.25) is 14.5 Å². The van der Waals surface area contributed by atoms with Gasteiger partial charge in [0.05, 0.1) is 30.0 Å². The summed E-state index contributed by atoms with van der Waals surface area (Å²) in [6.45, 7) is 0. The van der Waals surface area contributed by atoms with E-state index in [0.29, 0.717) is 57.8 Å². The smallest absolute Gasteiger partial charge is 0.232 e. The Hall–Kier alpha value is -2.50. The van der Waals surface area contributed by atoms with E-state index >= 15 is 0 Å². The Morgan fingerprint density at radius 2 is 1.77 bits per heavy atom. The first kappa shape index (κ1) is 20.8. The number of carbonyl (C=O) groups excluding carboxylic acids is 2. The number of amides is 1. The predicted molar refractivity (Wildman–Crippen MR) is 117 cm³/mol. The van der Waals surface area contributed by atoms with Crippen LogP contribution in [-0.4, -0.2) is 25.9 Å². The molecule has 0 N–H and O–H groups in total. The van der Waals surface area contributed by atoms with Gasteiger partial charge in [-0.1, -0.05) is 35.3 Å². The number of carbonyl (C=O) groups is 2. The Morgan fingerprint density at radius 3 is 2.50 bits per heavy atom. The van der Waals surface area contributed by atoms with Gasteiger partial charge in [-0.2, -0.15) is 0 Å². The van der Waals surface area contributed by atoms with Gasteiger partial charge in [0, 0.05) is 30.0 Å².